The number of anilines is 1. The van der Waals surface area contributed by atoms with Crippen molar-refractivity contribution in [1.29, 1.82) is 0 Å². The molecule has 2 N–H and O–H groups in total. The van der Waals surface area contributed by atoms with Crippen molar-refractivity contribution < 1.29 is 9.13 Å². The van der Waals surface area contributed by atoms with Crippen molar-refractivity contribution >= 4 is 5.69 Å². The summed E-state index contributed by atoms with van der Waals surface area (Å²) in [5, 5.41) is 11.7. The molecule has 0 spiro atoms. The van der Waals surface area contributed by atoms with E-state index in [9.17, 15) is 4.39 Å². The highest BCUT2D eigenvalue weighted by molar-refractivity contribution is 5.71. The van der Waals surface area contributed by atoms with Gasteiger partial charge in [-0.3, -0.25) is 0 Å². The number of benzene rings is 1. The molecule has 6 nitrogen and oxygen atoms in total. The van der Waals surface area contributed by atoms with Crippen LogP contribution in [0.4, 0.5) is 10.1 Å². The average Bonchev–Trinajstić information content (AvgIpc) is 2.91. The fraction of sp³-hybridized carbons (Fsp3) is 0.417. The third kappa shape index (κ3) is 2.28. The molecule has 1 aliphatic rings. The maximum Gasteiger partial charge on any atom is 0.184 e. The van der Waals surface area contributed by atoms with Gasteiger partial charge in [-0.2, -0.15) is 0 Å². The maximum atomic E-state index is 13.4. The lowest BCUT2D eigenvalue weighted by Gasteiger charge is -2.22. The van der Waals surface area contributed by atoms with Gasteiger partial charge in [-0.05, 0) is 41.5 Å². The second-order valence-electron chi connectivity index (χ2n) is 4.52. The van der Waals surface area contributed by atoms with Gasteiger partial charge in [0.25, 0.3) is 0 Å². The highest BCUT2D eigenvalue weighted by Crippen LogP contribution is 2.29. The fourth-order valence-corrected chi connectivity index (χ4v) is 2.27. The summed E-state index contributed by atoms with van der Waals surface area (Å²) in [7, 11) is 0. The number of nitrogens with zero attached hydrogens (tertiary/aromatic N) is 4. The van der Waals surface area contributed by atoms with Crippen LogP contribution in [-0.2, 0) is 4.74 Å². The standard InChI is InChI=1S/C12H14FN5O/c13-8-1-2-11(14)10(7-8)12-15-16-17-18(12)9-3-5-19-6-4-9/h1-2,7,9H,3-6,14H2. The number of ether oxygens (including phenoxy) is 1. The topological polar surface area (TPSA) is 78.9 Å². The van der Waals surface area contributed by atoms with Crippen molar-refractivity contribution in [3.63, 3.8) is 0 Å². The number of tetrazole rings is 1. The number of nitrogen functional groups attached to an aromatic ring is 1. The van der Waals surface area contributed by atoms with E-state index < -0.39 is 0 Å². The van der Waals surface area contributed by atoms with E-state index in [0.717, 1.165) is 12.8 Å². The van der Waals surface area contributed by atoms with Crippen LogP contribution in [0.5, 0.6) is 0 Å². The van der Waals surface area contributed by atoms with E-state index in [4.69, 9.17) is 10.5 Å². The molecule has 100 valence electrons. The van der Waals surface area contributed by atoms with Crippen LogP contribution in [0.1, 0.15) is 18.9 Å². The largest absolute Gasteiger partial charge is 0.398 e. The Labute approximate surface area is 109 Å². The van der Waals surface area contributed by atoms with E-state index in [1.807, 2.05) is 0 Å². The first-order chi connectivity index (χ1) is 9.25. The summed E-state index contributed by atoms with van der Waals surface area (Å²) >= 11 is 0. The highest BCUT2D eigenvalue weighted by atomic mass is 19.1. The van der Waals surface area contributed by atoms with Crippen LogP contribution in [0.2, 0.25) is 0 Å². The molecule has 1 aromatic carbocycles. The molecule has 2 heterocycles. The first-order valence-electron chi connectivity index (χ1n) is 6.16. The molecule has 0 saturated carbocycles. The zero-order valence-electron chi connectivity index (χ0n) is 10.3. The quantitative estimate of drug-likeness (QED) is 0.829. The molecular weight excluding hydrogens is 249 g/mol. The summed E-state index contributed by atoms with van der Waals surface area (Å²) < 4.78 is 20.4. The molecule has 0 unspecified atom stereocenters. The van der Waals surface area contributed by atoms with Gasteiger partial charge in [0.2, 0.25) is 0 Å². The van der Waals surface area contributed by atoms with Gasteiger partial charge < -0.3 is 10.5 Å². The predicted octanol–water partition coefficient (Wildman–Crippen LogP) is 1.41. The molecule has 0 radical (unpaired) electrons. The molecule has 1 aromatic heterocycles. The second-order valence-corrected chi connectivity index (χ2v) is 4.52. The summed E-state index contributed by atoms with van der Waals surface area (Å²) in [6.45, 7) is 1.37. The molecular formula is C12H14FN5O. The van der Waals surface area contributed by atoms with Crippen LogP contribution in [0.15, 0.2) is 18.2 Å². The lowest BCUT2D eigenvalue weighted by atomic mass is 10.1. The molecule has 0 aliphatic carbocycles. The summed E-state index contributed by atoms with van der Waals surface area (Å²) in [5.41, 5.74) is 6.87. The number of hydrogen-bond donors (Lipinski definition) is 1. The van der Waals surface area contributed by atoms with Crippen LogP contribution in [0.25, 0.3) is 11.4 Å². The van der Waals surface area contributed by atoms with Crippen molar-refractivity contribution in [2.24, 2.45) is 0 Å². The molecule has 0 atom stereocenters. The van der Waals surface area contributed by atoms with Crippen LogP contribution in [0.3, 0.4) is 0 Å². The van der Waals surface area contributed by atoms with Crippen molar-refractivity contribution in [3.8, 4) is 11.4 Å². The molecule has 1 aliphatic heterocycles. The molecule has 0 bridgehead atoms. The summed E-state index contributed by atoms with van der Waals surface area (Å²) in [6, 6.07) is 4.37. The Hall–Kier alpha value is -2.02. The van der Waals surface area contributed by atoms with Gasteiger partial charge in [0, 0.05) is 24.5 Å². The highest BCUT2D eigenvalue weighted by Gasteiger charge is 2.22. The minimum atomic E-state index is -0.356. The Balaban J connectivity index is 2.01. The van der Waals surface area contributed by atoms with Crippen LogP contribution >= 0.6 is 0 Å². The molecule has 2 aromatic rings. The number of nitrogens with two attached hydrogens (primary N) is 1. The summed E-state index contributed by atoms with van der Waals surface area (Å²) in [5.74, 6) is 0.148. The van der Waals surface area contributed by atoms with Crippen LogP contribution in [-0.4, -0.2) is 33.4 Å². The van der Waals surface area contributed by atoms with Gasteiger partial charge in [0.15, 0.2) is 5.82 Å². The average molecular weight is 263 g/mol. The monoisotopic (exact) mass is 263 g/mol. The van der Waals surface area contributed by atoms with Gasteiger partial charge >= 0.3 is 0 Å². The Kier molecular flexibility index (Phi) is 3.12. The molecule has 1 saturated heterocycles. The third-order valence-corrected chi connectivity index (χ3v) is 3.29. The van der Waals surface area contributed by atoms with E-state index in [0.29, 0.717) is 30.3 Å². The van der Waals surface area contributed by atoms with E-state index in [-0.39, 0.29) is 11.9 Å². The number of halogens is 1. The predicted molar refractivity (Wildman–Crippen MR) is 66.7 cm³/mol. The van der Waals surface area contributed by atoms with E-state index in [1.165, 1.54) is 18.2 Å². The van der Waals surface area contributed by atoms with Crippen molar-refractivity contribution in [2.75, 3.05) is 18.9 Å². The smallest absolute Gasteiger partial charge is 0.184 e. The van der Waals surface area contributed by atoms with Crippen molar-refractivity contribution in [3.05, 3.63) is 24.0 Å². The lowest BCUT2D eigenvalue weighted by molar-refractivity contribution is 0.0662. The SMILES string of the molecule is Nc1ccc(F)cc1-c1nnnn1C1CCOCC1. The first-order valence-corrected chi connectivity index (χ1v) is 6.16. The van der Waals surface area contributed by atoms with Gasteiger partial charge in [-0.15, -0.1) is 5.10 Å². The summed E-state index contributed by atoms with van der Waals surface area (Å²) in [6.07, 6.45) is 1.68. The van der Waals surface area contributed by atoms with Crippen LogP contribution in [0, 0.1) is 5.82 Å². The molecule has 0 amide bonds. The van der Waals surface area contributed by atoms with Gasteiger partial charge in [0.05, 0.1) is 6.04 Å². The lowest BCUT2D eigenvalue weighted by Crippen LogP contribution is -2.21. The van der Waals surface area contributed by atoms with Gasteiger partial charge in [-0.25, -0.2) is 9.07 Å². The Morgan fingerprint density at radius 2 is 2.11 bits per heavy atom. The normalized spacial score (nSPS) is 16.7. The second kappa shape index (κ2) is 4.93. The third-order valence-electron chi connectivity index (χ3n) is 3.29. The van der Waals surface area contributed by atoms with Crippen LogP contribution < -0.4 is 5.73 Å². The number of aromatic nitrogens is 4. The Morgan fingerprint density at radius 1 is 1.32 bits per heavy atom. The van der Waals surface area contributed by atoms with Crippen molar-refractivity contribution in [2.45, 2.75) is 18.9 Å². The molecule has 19 heavy (non-hydrogen) atoms. The zero-order valence-corrected chi connectivity index (χ0v) is 10.3. The molecule has 1 fully saturated rings. The van der Waals surface area contributed by atoms with E-state index in [2.05, 4.69) is 15.5 Å². The molecule has 3 rings (SSSR count). The summed E-state index contributed by atoms with van der Waals surface area (Å²) in [4.78, 5) is 0. The Bertz CT molecular complexity index is 579. The maximum absolute atomic E-state index is 13.4. The van der Waals surface area contributed by atoms with Gasteiger partial charge in [-0.1, -0.05) is 0 Å². The minimum Gasteiger partial charge on any atom is -0.398 e. The van der Waals surface area contributed by atoms with E-state index in [1.54, 1.807) is 4.68 Å². The molecule has 7 heteroatoms. The zero-order chi connectivity index (χ0) is 13.2. The minimum absolute atomic E-state index is 0.168. The number of rotatable bonds is 2. The fourth-order valence-electron chi connectivity index (χ4n) is 2.27. The van der Waals surface area contributed by atoms with E-state index >= 15 is 0 Å². The van der Waals surface area contributed by atoms with Crippen molar-refractivity contribution in [1.82, 2.24) is 20.2 Å². The number of hydrogen-bond acceptors (Lipinski definition) is 5. The first kappa shape index (κ1) is 12.0. The Morgan fingerprint density at radius 3 is 2.89 bits per heavy atom. The van der Waals surface area contributed by atoms with Gasteiger partial charge in [0.1, 0.15) is 5.82 Å².